The summed E-state index contributed by atoms with van der Waals surface area (Å²) in [4.78, 5) is 16.6. The first-order chi connectivity index (χ1) is 11.8. The second kappa shape index (κ2) is 8.26. The van der Waals surface area contributed by atoms with Crippen LogP contribution >= 0.6 is 11.3 Å². The minimum absolute atomic E-state index is 0.0743. The fourth-order valence-electron chi connectivity index (χ4n) is 2.91. The summed E-state index contributed by atoms with van der Waals surface area (Å²) in [5, 5.41) is 14.7. The molecule has 128 valence electrons. The van der Waals surface area contributed by atoms with Crippen LogP contribution in [0.2, 0.25) is 0 Å². The van der Waals surface area contributed by atoms with Gasteiger partial charge in [-0.25, -0.2) is 4.98 Å². The Morgan fingerprint density at radius 2 is 2.21 bits per heavy atom. The van der Waals surface area contributed by atoms with E-state index in [0.29, 0.717) is 23.8 Å². The maximum Gasteiger partial charge on any atom is 0.251 e. The Bertz CT molecular complexity index is 680. The highest BCUT2D eigenvalue weighted by molar-refractivity contribution is 7.09. The van der Waals surface area contributed by atoms with Crippen molar-refractivity contribution in [3.63, 3.8) is 0 Å². The molecule has 2 N–H and O–H groups in total. The lowest BCUT2D eigenvalue weighted by Crippen LogP contribution is -2.26. The molecular formula is C18H22N2O3S. The zero-order valence-electron chi connectivity index (χ0n) is 13.5. The number of amides is 1. The number of benzene rings is 1. The molecule has 1 aliphatic rings. The number of nitrogens with zero attached hydrogens (tertiary/aromatic N) is 1. The molecule has 0 atom stereocenters. The summed E-state index contributed by atoms with van der Waals surface area (Å²) in [7, 11) is 0. The Balaban J connectivity index is 1.57. The van der Waals surface area contributed by atoms with Crippen LogP contribution in [0.25, 0.3) is 0 Å². The second-order valence-corrected chi connectivity index (χ2v) is 6.84. The van der Waals surface area contributed by atoms with Crippen molar-refractivity contribution in [1.29, 1.82) is 0 Å². The van der Waals surface area contributed by atoms with Gasteiger partial charge in [0.2, 0.25) is 0 Å². The molecule has 0 bridgehead atoms. The van der Waals surface area contributed by atoms with Crippen molar-refractivity contribution in [1.82, 2.24) is 10.3 Å². The third-order valence-electron chi connectivity index (χ3n) is 4.15. The number of nitrogens with one attached hydrogen (secondary N) is 1. The van der Waals surface area contributed by atoms with Crippen molar-refractivity contribution >= 4 is 17.2 Å². The van der Waals surface area contributed by atoms with Gasteiger partial charge in [-0.2, -0.15) is 0 Å². The maximum atomic E-state index is 11.9. The quantitative estimate of drug-likeness (QED) is 0.808. The van der Waals surface area contributed by atoms with E-state index in [1.807, 2.05) is 6.07 Å². The minimum Gasteiger partial charge on any atom is -0.487 e. The molecule has 1 aliphatic carbocycles. The van der Waals surface area contributed by atoms with E-state index in [9.17, 15) is 4.79 Å². The van der Waals surface area contributed by atoms with Crippen molar-refractivity contribution in [2.24, 2.45) is 0 Å². The van der Waals surface area contributed by atoms with E-state index in [0.717, 1.165) is 5.69 Å². The first-order valence-corrected chi connectivity index (χ1v) is 9.20. The number of aromatic nitrogens is 1. The Morgan fingerprint density at radius 1 is 1.38 bits per heavy atom. The summed E-state index contributed by atoms with van der Waals surface area (Å²) in [6.45, 7) is 0.576. The Hall–Kier alpha value is -1.92. The Morgan fingerprint density at radius 3 is 3.00 bits per heavy atom. The molecule has 0 saturated heterocycles. The number of rotatable bonds is 7. The van der Waals surface area contributed by atoms with Gasteiger partial charge in [0.25, 0.3) is 5.91 Å². The van der Waals surface area contributed by atoms with E-state index in [4.69, 9.17) is 14.8 Å². The number of thiazole rings is 1. The van der Waals surface area contributed by atoms with Gasteiger partial charge in [-0.05, 0) is 31.0 Å². The number of carbonyl (C=O) groups excluding carboxylic acids is 1. The van der Waals surface area contributed by atoms with Crippen LogP contribution in [0.1, 0.15) is 52.7 Å². The van der Waals surface area contributed by atoms with Crippen LogP contribution in [0, 0.1) is 0 Å². The second-order valence-electron chi connectivity index (χ2n) is 5.95. The monoisotopic (exact) mass is 346 g/mol. The van der Waals surface area contributed by atoms with E-state index < -0.39 is 0 Å². The summed E-state index contributed by atoms with van der Waals surface area (Å²) in [5.41, 5.74) is 1.46. The van der Waals surface area contributed by atoms with Crippen LogP contribution in [0.4, 0.5) is 0 Å². The zero-order valence-corrected chi connectivity index (χ0v) is 14.3. The highest BCUT2D eigenvalue weighted by Crippen LogP contribution is 2.35. The molecule has 5 nitrogen and oxygen atoms in total. The molecule has 3 rings (SSSR count). The predicted molar refractivity (Wildman–Crippen MR) is 93.5 cm³/mol. The SMILES string of the molecule is O=C(NCCO)c1cccc(OCc2csc(C3CCCC3)n2)c1. The van der Waals surface area contributed by atoms with Crippen molar-refractivity contribution in [3.05, 3.63) is 45.9 Å². The molecule has 1 fully saturated rings. The smallest absolute Gasteiger partial charge is 0.251 e. The summed E-state index contributed by atoms with van der Waals surface area (Å²) < 4.78 is 5.78. The number of aliphatic hydroxyl groups excluding tert-OH is 1. The van der Waals surface area contributed by atoms with Gasteiger partial charge >= 0.3 is 0 Å². The first-order valence-electron chi connectivity index (χ1n) is 8.32. The highest BCUT2D eigenvalue weighted by atomic mass is 32.1. The molecule has 0 spiro atoms. The molecule has 1 aromatic carbocycles. The van der Waals surface area contributed by atoms with E-state index in [2.05, 4.69) is 10.7 Å². The predicted octanol–water partition coefficient (Wildman–Crippen LogP) is 3.10. The van der Waals surface area contributed by atoms with Crippen molar-refractivity contribution in [3.8, 4) is 5.75 Å². The van der Waals surface area contributed by atoms with Crippen LogP contribution in [0.5, 0.6) is 5.75 Å². The zero-order chi connectivity index (χ0) is 16.8. The van der Waals surface area contributed by atoms with Crippen LogP contribution in [-0.4, -0.2) is 29.1 Å². The van der Waals surface area contributed by atoms with E-state index >= 15 is 0 Å². The largest absolute Gasteiger partial charge is 0.487 e. The van der Waals surface area contributed by atoms with E-state index in [1.165, 1.54) is 30.7 Å². The van der Waals surface area contributed by atoms with Gasteiger partial charge in [-0.15, -0.1) is 11.3 Å². The lowest BCUT2D eigenvalue weighted by molar-refractivity contribution is 0.0944. The van der Waals surface area contributed by atoms with Crippen molar-refractivity contribution in [2.75, 3.05) is 13.2 Å². The van der Waals surface area contributed by atoms with Gasteiger partial charge in [0.15, 0.2) is 0 Å². The molecular weight excluding hydrogens is 324 g/mol. The minimum atomic E-state index is -0.216. The van der Waals surface area contributed by atoms with Gasteiger partial charge in [0, 0.05) is 23.4 Å². The Kier molecular flexibility index (Phi) is 5.82. The fraction of sp³-hybridized carbons (Fsp3) is 0.444. The molecule has 1 heterocycles. The fourth-order valence-corrected chi connectivity index (χ4v) is 3.88. The van der Waals surface area contributed by atoms with Crippen molar-refractivity contribution < 1.29 is 14.6 Å². The average molecular weight is 346 g/mol. The molecule has 0 radical (unpaired) electrons. The number of hydrogen-bond donors (Lipinski definition) is 2. The topological polar surface area (TPSA) is 71.5 Å². The Labute approximate surface area is 145 Å². The summed E-state index contributed by atoms with van der Waals surface area (Å²) in [5.74, 6) is 1.05. The standard InChI is InChI=1S/C18H22N2O3S/c21-9-8-19-17(22)14-6-3-7-16(10-14)23-11-15-12-24-18(20-15)13-4-1-2-5-13/h3,6-7,10,12-13,21H,1-2,4-5,8-9,11H2,(H,19,22). The lowest BCUT2D eigenvalue weighted by atomic mass is 10.1. The molecule has 2 aromatic rings. The molecule has 0 aliphatic heterocycles. The lowest BCUT2D eigenvalue weighted by Gasteiger charge is -2.07. The molecule has 6 heteroatoms. The molecule has 1 saturated carbocycles. The van der Waals surface area contributed by atoms with Gasteiger partial charge in [-0.1, -0.05) is 18.9 Å². The summed E-state index contributed by atoms with van der Waals surface area (Å²) in [6, 6.07) is 7.04. The van der Waals surface area contributed by atoms with Crippen LogP contribution in [-0.2, 0) is 6.61 Å². The maximum absolute atomic E-state index is 11.9. The highest BCUT2D eigenvalue weighted by Gasteiger charge is 2.20. The van der Waals surface area contributed by atoms with Gasteiger partial charge in [0.05, 0.1) is 17.3 Å². The van der Waals surface area contributed by atoms with Crippen LogP contribution < -0.4 is 10.1 Å². The van der Waals surface area contributed by atoms with Gasteiger partial charge in [-0.3, -0.25) is 4.79 Å². The number of carbonyl (C=O) groups is 1. The van der Waals surface area contributed by atoms with E-state index in [-0.39, 0.29) is 19.1 Å². The third kappa shape index (κ3) is 4.33. The molecule has 24 heavy (non-hydrogen) atoms. The van der Waals surface area contributed by atoms with Crippen LogP contribution in [0.15, 0.2) is 29.6 Å². The molecule has 1 amide bonds. The first kappa shape index (κ1) is 16.9. The average Bonchev–Trinajstić information content (AvgIpc) is 3.29. The summed E-state index contributed by atoms with van der Waals surface area (Å²) in [6.07, 6.45) is 5.11. The molecule has 0 unspecified atom stereocenters. The van der Waals surface area contributed by atoms with Gasteiger partial charge in [0.1, 0.15) is 12.4 Å². The van der Waals surface area contributed by atoms with E-state index in [1.54, 1.807) is 29.5 Å². The third-order valence-corrected chi connectivity index (χ3v) is 5.21. The van der Waals surface area contributed by atoms with Crippen LogP contribution in [0.3, 0.4) is 0 Å². The number of ether oxygens (including phenoxy) is 1. The summed E-state index contributed by atoms with van der Waals surface area (Å²) >= 11 is 1.72. The molecule has 1 aromatic heterocycles. The normalized spacial score (nSPS) is 14.7. The van der Waals surface area contributed by atoms with Gasteiger partial charge < -0.3 is 15.2 Å². The van der Waals surface area contributed by atoms with Crippen molar-refractivity contribution in [2.45, 2.75) is 38.2 Å². The number of aliphatic hydroxyl groups is 1. The number of hydrogen-bond acceptors (Lipinski definition) is 5.